The Bertz CT molecular complexity index is 659. The molecular weight excluding hydrogens is 310 g/mol. The molecule has 0 saturated carbocycles. The quantitative estimate of drug-likeness (QED) is 0.732. The molecule has 4 nitrogen and oxygen atoms in total. The number of benzene rings is 2. The fourth-order valence-electron chi connectivity index (χ4n) is 2.72. The third-order valence-electron chi connectivity index (χ3n) is 4.31. The molecule has 0 atom stereocenters. The number of anilines is 3. The molecule has 0 aliphatic heterocycles. The molecule has 2 rings (SSSR count). The van der Waals surface area contributed by atoms with Gasteiger partial charge in [0.15, 0.2) is 0 Å². The summed E-state index contributed by atoms with van der Waals surface area (Å²) in [4.78, 5) is 14.4. The highest BCUT2D eigenvalue weighted by atomic mass is 16.1. The molecule has 0 saturated heterocycles. The smallest absolute Gasteiger partial charge is 0.243 e. The summed E-state index contributed by atoms with van der Waals surface area (Å²) in [6.07, 6.45) is 0. The highest BCUT2D eigenvalue weighted by Gasteiger charge is 2.05. The lowest BCUT2D eigenvalue weighted by Crippen LogP contribution is -2.22. The molecule has 0 aliphatic carbocycles. The number of hydrogen-bond donors (Lipinski definition) is 2. The number of rotatable bonds is 8. The highest BCUT2D eigenvalue weighted by molar-refractivity contribution is 5.93. The van der Waals surface area contributed by atoms with Crippen LogP contribution in [0.1, 0.15) is 39.2 Å². The standard InChI is InChI=1S/C21H29N3O/c1-5-24(6-2)20-13-11-18(12-14-20)22-15-21(25)23-19-9-7-17(8-10-19)16(3)4/h7-14,16,22H,5-6,15H2,1-4H3,(H,23,25). The predicted octanol–water partition coefficient (Wildman–Crippen LogP) is 4.71. The molecule has 1 amide bonds. The van der Waals surface area contributed by atoms with E-state index in [1.807, 2.05) is 24.3 Å². The third-order valence-corrected chi connectivity index (χ3v) is 4.31. The van der Waals surface area contributed by atoms with Crippen LogP contribution >= 0.6 is 0 Å². The van der Waals surface area contributed by atoms with Gasteiger partial charge in [0.25, 0.3) is 0 Å². The van der Waals surface area contributed by atoms with Crippen LogP contribution < -0.4 is 15.5 Å². The zero-order valence-corrected chi connectivity index (χ0v) is 15.7. The zero-order chi connectivity index (χ0) is 18.2. The summed E-state index contributed by atoms with van der Waals surface area (Å²) < 4.78 is 0. The van der Waals surface area contributed by atoms with Gasteiger partial charge < -0.3 is 15.5 Å². The van der Waals surface area contributed by atoms with Crippen LogP contribution in [0.5, 0.6) is 0 Å². The summed E-state index contributed by atoms with van der Waals surface area (Å²) >= 11 is 0. The normalized spacial score (nSPS) is 10.6. The maximum absolute atomic E-state index is 12.1. The van der Waals surface area contributed by atoms with E-state index in [1.54, 1.807) is 0 Å². The van der Waals surface area contributed by atoms with Gasteiger partial charge in [0.1, 0.15) is 0 Å². The molecular formula is C21H29N3O. The first-order chi connectivity index (χ1) is 12.0. The molecule has 0 radical (unpaired) electrons. The Labute approximate surface area is 151 Å². The monoisotopic (exact) mass is 339 g/mol. The molecule has 0 aromatic heterocycles. The highest BCUT2D eigenvalue weighted by Crippen LogP contribution is 2.18. The molecule has 0 aliphatic rings. The average molecular weight is 339 g/mol. The second-order valence-electron chi connectivity index (χ2n) is 6.40. The van der Waals surface area contributed by atoms with E-state index < -0.39 is 0 Å². The van der Waals surface area contributed by atoms with Gasteiger partial charge in [0.05, 0.1) is 6.54 Å². The minimum absolute atomic E-state index is 0.0508. The van der Waals surface area contributed by atoms with Gasteiger partial charge in [-0.2, -0.15) is 0 Å². The Hall–Kier alpha value is -2.49. The first kappa shape index (κ1) is 18.8. The van der Waals surface area contributed by atoms with E-state index in [2.05, 4.69) is 67.5 Å². The van der Waals surface area contributed by atoms with Gasteiger partial charge in [-0.3, -0.25) is 4.79 Å². The second kappa shape index (κ2) is 9.11. The van der Waals surface area contributed by atoms with E-state index in [0.29, 0.717) is 5.92 Å². The van der Waals surface area contributed by atoms with Crippen molar-refractivity contribution in [3.8, 4) is 0 Å². The summed E-state index contributed by atoms with van der Waals surface area (Å²) in [6, 6.07) is 16.2. The number of hydrogen-bond acceptors (Lipinski definition) is 3. The minimum atomic E-state index is -0.0508. The van der Waals surface area contributed by atoms with Crippen molar-refractivity contribution in [2.75, 3.05) is 35.2 Å². The summed E-state index contributed by atoms with van der Waals surface area (Å²) in [5.41, 5.74) is 4.24. The van der Waals surface area contributed by atoms with Crippen LogP contribution in [0, 0.1) is 0 Å². The van der Waals surface area contributed by atoms with E-state index in [0.717, 1.165) is 24.5 Å². The van der Waals surface area contributed by atoms with Gasteiger partial charge >= 0.3 is 0 Å². The average Bonchev–Trinajstić information content (AvgIpc) is 2.62. The Balaban J connectivity index is 1.85. The van der Waals surface area contributed by atoms with E-state index >= 15 is 0 Å². The van der Waals surface area contributed by atoms with Gasteiger partial charge in [-0.25, -0.2) is 0 Å². The van der Waals surface area contributed by atoms with Crippen molar-refractivity contribution < 1.29 is 4.79 Å². The molecule has 0 fully saturated rings. The Morgan fingerprint density at radius 3 is 2.00 bits per heavy atom. The largest absolute Gasteiger partial charge is 0.376 e. The van der Waals surface area contributed by atoms with Crippen molar-refractivity contribution in [2.24, 2.45) is 0 Å². The maximum Gasteiger partial charge on any atom is 0.243 e. The topological polar surface area (TPSA) is 44.4 Å². The molecule has 0 unspecified atom stereocenters. The molecule has 2 N–H and O–H groups in total. The Morgan fingerprint density at radius 1 is 0.920 bits per heavy atom. The van der Waals surface area contributed by atoms with Crippen LogP contribution in [0.25, 0.3) is 0 Å². The van der Waals surface area contributed by atoms with Crippen LogP contribution in [-0.4, -0.2) is 25.5 Å². The van der Waals surface area contributed by atoms with Crippen LogP contribution in [-0.2, 0) is 4.79 Å². The summed E-state index contributed by atoms with van der Waals surface area (Å²) in [5, 5.41) is 6.08. The van der Waals surface area contributed by atoms with Crippen molar-refractivity contribution in [1.29, 1.82) is 0 Å². The second-order valence-corrected chi connectivity index (χ2v) is 6.40. The Morgan fingerprint density at radius 2 is 1.48 bits per heavy atom. The Kier molecular flexibility index (Phi) is 6.87. The summed E-state index contributed by atoms with van der Waals surface area (Å²) in [7, 11) is 0. The van der Waals surface area contributed by atoms with Crippen molar-refractivity contribution in [2.45, 2.75) is 33.6 Å². The van der Waals surface area contributed by atoms with Crippen LogP contribution in [0.3, 0.4) is 0 Å². The lowest BCUT2D eigenvalue weighted by molar-refractivity contribution is -0.114. The molecule has 134 valence electrons. The predicted molar refractivity (Wildman–Crippen MR) is 108 cm³/mol. The van der Waals surface area contributed by atoms with Crippen molar-refractivity contribution in [1.82, 2.24) is 0 Å². The van der Waals surface area contributed by atoms with Gasteiger partial charge in [-0.05, 0) is 61.7 Å². The molecule has 0 bridgehead atoms. The van der Waals surface area contributed by atoms with Gasteiger partial charge in [-0.15, -0.1) is 0 Å². The van der Waals surface area contributed by atoms with Gasteiger partial charge in [-0.1, -0.05) is 26.0 Å². The molecule has 4 heteroatoms. The van der Waals surface area contributed by atoms with Crippen LogP contribution in [0.2, 0.25) is 0 Å². The first-order valence-electron chi connectivity index (χ1n) is 9.02. The maximum atomic E-state index is 12.1. The lowest BCUT2D eigenvalue weighted by Gasteiger charge is -2.21. The van der Waals surface area contributed by atoms with Crippen LogP contribution in [0.4, 0.5) is 17.1 Å². The van der Waals surface area contributed by atoms with Crippen LogP contribution in [0.15, 0.2) is 48.5 Å². The van der Waals surface area contributed by atoms with E-state index in [-0.39, 0.29) is 12.5 Å². The van der Waals surface area contributed by atoms with Crippen molar-refractivity contribution in [3.05, 3.63) is 54.1 Å². The number of carbonyl (C=O) groups excluding carboxylic acids is 1. The van der Waals surface area contributed by atoms with E-state index in [1.165, 1.54) is 11.3 Å². The van der Waals surface area contributed by atoms with E-state index in [4.69, 9.17) is 0 Å². The summed E-state index contributed by atoms with van der Waals surface area (Å²) in [6.45, 7) is 10.8. The molecule has 0 spiro atoms. The molecule has 0 heterocycles. The van der Waals surface area contributed by atoms with E-state index in [9.17, 15) is 4.79 Å². The number of nitrogens with one attached hydrogen (secondary N) is 2. The molecule has 25 heavy (non-hydrogen) atoms. The SMILES string of the molecule is CCN(CC)c1ccc(NCC(=O)Nc2ccc(C(C)C)cc2)cc1. The number of carbonyl (C=O) groups is 1. The first-order valence-corrected chi connectivity index (χ1v) is 9.02. The minimum Gasteiger partial charge on any atom is -0.376 e. The fraction of sp³-hybridized carbons (Fsp3) is 0.381. The number of nitrogens with zero attached hydrogens (tertiary/aromatic N) is 1. The van der Waals surface area contributed by atoms with Gasteiger partial charge in [0, 0.05) is 30.2 Å². The molecule has 2 aromatic carbocycles. The summed E-state index contributed by atoms with van der Waals surface area (Å²) in [5.74, 6) is 0.441. The van der Waals surface area contributed by atoms with Crippen molar-refractivity contribution >= 4 is 23.0 Å². The van der Waals surface area contributed by atoms with Crippen molar-refractivity contribution in [3.63, 3.8) is 0 Å². The third kappa shape index (κ3) is 5.52. The zero-order valence-electron chi connectivity index (χ0n) is 15.7. The fourth-order valence-corrected chi connectivity index (χ4v) is 2.72. The molecule has 2 aromatic rings. The lowest BCUT2D eigenvalue weighted by atomic mass is 10.0. The van der Waals surface area contributed by atoms with Gasteiger partial charge in [0.2, 0.25) is 5.91 Å². The number of amides is 1.